The Bertz CT molecular complexity index is 459. The second-order valence-electron chi connectivity index (χ2n) is 4.87. The van der Waals surface area contributed by atoms with Gasteiger partial charge in [-0.25, -0.2) is 4.39 Å². The summed E-state index contributed by atoms with van der Waals surface area (Å²) in [6.45, 7) is 3.10. The third-order valence-electron chi connectivity index (χ3n) is 3.44. The van der Waals surface area contributed by atoms with E-state index in [-0.39, 0.29) is 11.6 Å². The van der Waals surface area contributed by atoms with Gasteiger partial charge >= 0.3 is 6.18 Å². The number of ether oxygens (including phenoxy) is 1. The zero-order valence-corrected chi connectivity index (χ0v) is 11.1. The van der Waals surface area contributed by atoms with E-state index in [1.54, 1.807) is 0 Å². The molecule has 1 N–H and O–H groups in total. The Morgan fingerprint density at radius 2 is 2.10 bits per heavy atom. The Balaban J connectivity index is 2.27. The molecule has 0 radical (unpaired) electrons. The number of rotatable bonds is 3. The molecule has 2 nitrogen and oxygen atoms in total. The first-order chi connectivity index (χ1) is 9.41. The molecule has 0 amide bonds. The lowest BCUT2D eigenvalue weighted by Gasteiger charge is -2.31. The first kappa shape index (κ1) is 15.3. The molecule has 2 atom stereocenters. The van der Waals surface area contributed by atoms with Crippen LogP contribution in [-0.2, 0) is 10.9 Å². The molecule has 1 aliphatic heterocycles. The van der Waals surface area contributed by atoms with Crippen LogP contribution in [0.3, 0.4) is 0 Å². The van der Waals surface area contributed by atoms with E-state index in [4.69, 9.17) is 4.74 Å². The van der Waals surface area contributed by atoms with Crippen LogP contribution in [0.2, 0.25) is 0 Å². The van der Waals surface area contributed by atoms with Crippen molar-refractivity contribution in [2.75, 3.05) is 13.2 Å². The lowest BCUT2D eigenvalue weighted by Crippen LogP contribution is -2.36. The molecule has 0 aromatic heterocycles. The topological polar surface area (TPSA) is 21.3 Å². The molecule has 0 saturated carbocycles. The van der Waals surface area contributed by atoms with Gasteiger partial charge < -0.3 is 10.1 Å². The maximum atomic E-state index is 13.1. The summed E-state index contributed by atoms with van der Waals surface area (Å²) in [6, 6.07) is 2.89. The highest BCUT2D eigenvalue weighted by atomic mass is 19.4. The first-order valence-electron chi connectivity index (χ1n) is 6.63. The van der Waals surface area contributed by atoms with Crippen molar-refractivity contribution < 1.29 is 22.3 Å². The average Bonchev–Trinajstić information content (AvgIpc) is 2.38. The molecule has 1 aromatic carbocycles. The molecule has 1 fully saturated rings. The van der Waals surface area contributed by atoms with E-state index in [0.29, 0.717) is 19.1 Å². The van der Waals surface area contributed by atoms with Crippen molar-refractivity contribution in [3.8, 4) is 0 Å². The van der Waals surface area contributed by atoms with Crippen LogP contribution in [0.5, 0.6) is 0 Å². The zero-order chi connectivity index (χ0) is 14.8. The van der Waals surface area contributed by atoms with Crippen LogP contribution in [0.15, 0.2) is 18.2 Å². The average molecular weight is 291 g/mol. The Morgan fingerprint density at radius 1 is 1.35 bits per heavy atom. The van der Waals surface area contributed by atoms with E-state index in [0.717, 1.165) is 19.0 Å². The van der Waals surface area contributed by atoms with Gasteiger partial charge in [-0.15, -0.1) is 0 Å². The van der Waals surface area contributed by atoms with E-state index in [1.807, 2.05) is 6.92 Å². The Labute approximate surface area is 115 Å². The van der Waals surface area contributed by atoms with Crippen LogP contribution < -0.4 is 5.32 Å². The van der Waals surface area contributed by atoms with Gasteiger partial charge in [0.25, 0.3) is 0 Å². The molecule has 1 aliphatic rings. The minimum atomic E-state index is -4.58. The molecule has 0 spiro atoms. The standard InChI is InChI=1S/C14H17F4NO/c1-2-19-10-5-6-20-13(8-10)11-4-3-9(15)7-12(11)14(16,17)18/h3-4,7,10,13,19H,2,5-6,8H2,1H3. The van der Waals surface area contributed by atoms with Crippen molar-refractivity contribution in [3.05, 3.63) is 35.1 Å². The Hall–Kier alpha value is -1.14. The predicted octanol–water partition coefficient (Wildman–Crippen LogP) is 3.67. The van der Waals surface area contributed by atoms with Crippen LogP contribution in [0.4, 0.5) is 17.6 Å². The summed E-state index contributed by atoms with van der Waals surface area (Å²) in [5.74, 6) is -0.889. The molecular formula is C14H17F4NO. The fraction of sp³-hybridized carbons (Fsp3) is 0.571. The maximum Gasteiger partial charge on any atom is 0.416 e. The fourth-order valence-electron chi connectivity index (χ4n) is 2.54. The van der Waals surface area contributed by atoms with Crippen molar-refractivity contribution >= 4 is 0 Å². The SMILES string of the molecule is CCNC1CCOC(c2ccc(F)cc2C(F)(F)F)C1. The largest absolute Gasteiger partial charge is 0.416 e. The Morgan fingerprint density at radius 3 is 2.75 bits per heavy atom. The lowest BCUT2D eigenvalue weighted by molar-refractivity contribution is -0.140. The second-order valence-corrected chi connectivity index (χ2v) is 4.87. The molecule has 1 saturated heterocycles. The number of alkyl halides is 3. The number of hydrogen-bond donors (Lipinski definition) is 1. The third kappa shape index (κ3) is 3.49. The van der Waals surface area contributed by atoms with Gasteiger partial charge in [0.05, 0.1) is 11.7 Å². The maximum absolute atomic E-state index is 13.1. The van der Waals surface area contributed by atoms with E-state index < -0.39 is 23.7 Å². The van der Waals surface area contributed by atoms with Crippen molar-refractivity contribution in [1.82, 2.24) is 5.32 Å². The molecule has 0 aliphatic carbocycles. The minimum Gasteiger partial charge on any atom is -0.373 e. The highest BCUT2D eigenvalue weighted by Gasteiger charge is 2.37. The number of hydrogen-bond acceptors (Lipinski definition) is 2. The van der Waals surface area contributed by atoms with Crippen LogP contribution in [0.25, 0.3) is 0 Å². The second kappa shape index (κ2) is 6.10. The van der Waals surface area contributed by atoms with Gasteiger partial charge in [-0.2, -0.15) is 13.2 Å². The van der Waals surface area contributed by atoms with Gasteiger partial charge in [0, 0.05) is 12.6 Å². The minimum absolute atomic E-state index is 0.0153. The summed E-state index contributed by atoms with van der Waals surface area (Å²) < 4.78 is 57.5. The highest BCUT2D eigenvalue weighted by Crippen LogP contribution is 2.38. The van der Waals surface area contributed by atoms with Gasteiger partial charge in [-0.05, 0) is 37.1 Å². The van der Waals surface area contributed by atoms with Crippen molar-refractivity contribution in [3.63, 3.8) is 0 Å². The normalized spacial score (nSPS) is 23.9. The van der Waals surface area contributed by atoms with Gasteiger partial charge in [0.15, 0.2) is 0 Å². The molecular weight excluding hydrogens is 274 g/mol. The smallest absolute Gasteiger partial charge is 0.373 e. The predicted molar refractivity (Wildman–Crippen MR) is 66.8 cm³/mol. The molecule has 112 valence electrons. The van der Waals surface area contributed by atoms with Crippen molar-refractivity contribution in [2.45, 2.75) is 38.1 Å². The quantitative estimate of drug-likeness (QED) is 0.858. The van der Waals surface area contributed by atoms with Crippen molar-refractivity contribution in [1.29, 1.82) is 0 Å². The van der Waals surface area contributed by atoms with Gasteiger partial charge in [0.2, 0.25) is 0 Å². The summed E-state index contributed by atoms with van der Waals surface area (Å²) in [5, 5.41) is 3.22. The fourth-order valence-corrected chi connectivity index (χ4v) is 2.54. The molecule has 6 heteroatoms. The first-order valence-corrected chi connectivity index (χ1v) is 6.63. The third-order valence-corrected chi connectivity index (χ3v) is 3.44. The molecule has 2 rings (SSSR count). The summed E-state index contributed by atoms with van der Waals surface area (Å²) >= 11 is 0. The molecule has 1 heterocycles. The summed E-state index contributed by atoms with van der Waals surface area (Å²) in [4.78, 5) is 0. The lowest BCUT2D eigenvalue weighted by atomic mass is 9.93. The molecule has 20 heavy (non-hydrogen) atoms. The van der Waals surface area contributed by atoms with Gasteiger partial charge in [-0.1, -0.05) is 13.0 Å². The van der Waals surface area contributed by atoms with Crippen molar-refractivity contribution in [2.24, 2.45) is 0 Å². The van der Waals surface area contributed by atoms with E-state index in [1.165, 1.54) is 6.07 Å². The van der Waals surface area contributed by atoms with E-state index >= 15 is 0 Å². The zero-order valence-electron chi connectivity index (χ0n) is 11.1. The van der Waals surface area contributed by atoms with Crippen LogP contribution in [0, 0.1) is 5.82 Å². The summed E-state index contributed by atoms with van der Waals surface area (Å²) in [5.41, 5.74) is -0.929. The van der Waals surface area contributed by atoms with E-state index in [2.05, 4.69) is 5.32 Å². The summed E-state index contributed by atoms with van der Waals surface area (Å²) in [6.07, 6.45) is -3.99. The number of benzene rings is 1. The van der Waals surface area contributed by atoms with Crippen LogP contribution in [0.1, 0.15) is 37.0 Å². The number of nitrogens with one attached hydrogen (secondary N) is 1. The highest BCUT2D eigenvalue weighted by molar-refractivity contribution is 5.32. The van der Waals surface area contributed by atoms with Crippen LogP contribution >= 0.6 is 0 Å². The van der Waals surface area contributed by atoms with Gasteiger partial charge in [0.1, 0.15) is 5.82 Å². The van der Waals surface area contributed by atoms with E-state index in [9.17, 15) is 17.6 Å². The van der Waals surface area contributed by atoms with Crippen LogP contribution in [-0.4, -0.2) is 19.2 Å². The Kier molecular flexibility index (Phi) is 4.65. The molecule has 2 unspecified atom stereocenters. The molecule has 0 bridgehead atoms. The molecule has 1 aromatic rings. The summed E-state index contributed by atoms with van der Waals surface area (Å²) in [7, 11) is 0. The number of halogens is 4. The monoisotopic (exact) mass is 291 g/mol. The van der Waals surface area contributed by atoms with Gasteiger partial charge in [-0.3, -0.25) is 0 Å².